The van der Waals surface area contributed by atoms with Crippen LogP contribution in [-0.4, -0.2) is 26.5 Å². The molecule has 4 rings (SSSR count). The van der Waals surface area contributed by atoms with E-state index >= 15 is 0 Å². The highest BCUT2D eigenvalue weighted by atomic mass is 32.2. The van der Waals surface area contributed by atoms with E-state index in [1.165, 1.54) is 19.2 Å². The van der Waals surface area contributed by atoms with Crippen LogP contribution in [0.5, 0.6) is 11.5 Å². The predicted molar refractivity (Wildman–Crippen MR) is 101 cm³/mol. The number of methoxy groups -OCH3 is 1. The van der Waals surface area contributed by atoms with Crippen LogP contribution in [0.25, 0.3) is 0 Å². The number of hydrogen-bond donors (Lipinski definition) is 3. The number of ether oxygens (including phenoxy) is 1. The van der Waals surface area contributed by atoms with Gasteiger partial charge in [-0.2, -0.15) is 0 Å². The largest absolute Gasteiger partial charge is 0.506 e. The minimum Gasteiger partial charge on any atom is -0.506 e. The first-order valence-electron chi connectivity index (χ1n) is 8.72. The van der Waals surface area contributed by atoms with Gasteiger partial charge in [0.2, 0.25) is 5.91 Å². The van der Waals surface area contributed by atoms with E-state index in [0.717, 1.165) is 12.8 Å². The molecule has 0 bridgehead atoms. The molecule has 1 fully saturated rings. The minimum absolute atomic E-state index is 0.00253. The molecule has 0 unspecified atom stereocenters. The summed E-state index contributed by atoms with van der Waals surface area (Å²) in [7, 11) is -2.53. The van der Waals surface area contributed by atoms with Crippen LogP contribution < -0.4 is 14.8 Å². The molecule has 1 aliphatic carbocycles. The maximum Gasteiger partial charge on any atom is 0.265 e. The minimum atomic E-state index is -3.93. The Balaban J connectivity index is 1.76. The summed E-state index contributed by atoms with van der Waals surface area (Å²) in [6.07, 6.45) is 3.22. The van der Waals surface area contributed by atoms with E-state index in [-0.39, 0.29) is 28.0 Å². The summed E-state index contributed by atoms with van der Waals surface area (Å²) < 4.78 is 33.3. The molecule has 0 aromatic heterocycles. The van der Waals surface area contributed by atoms with Gasteiger partial charge in [-0.3, -0.25) is 9.52 Å². The third kappa shape index (κ3) is 2.71. The van der Waals surface area contributed by atoms with Gasteiger partial charge in [0.05, 0.1) is 23.9 Å². The van der Waals surface area contributed by atoms with Crippen molar-refractivity contribution in [3.8, 4) is 11.5 Å². The summed E-state index contributed by atoms with van der Waals surface area (Å²) in [4.78, 5) is 12.5. The molecule has 0 radical (unpaired) electrons. The molecule has 1 saturated carbocycles. The van der Waals surface area contributed by atoms with E-state index in [0.29, 0.717) is 24.1 Å². The maximum absolute atomic E-state index is 12.8. The van der Waals surface area contributed by atoms with Crippen molar-refractivity contribution in [2.45, 2.75) is 36.0 Å². The highest BCUT2D eigenvalue weighted by molar-refractivity contribution is 7.92. The Morgan fingerprint density at radius 1 is 1.19 bits per heavy atom. The van der Waals surface area contributed by atoms with Crippen LogP contribution >= 0.6 is 0 Å². The topological polar surface area (TPSA) is 105 Å². The number of anilines is 2. The van der Waals surface area contributed by atoms with E-state index in [1.54, 1.807) is 24.3 Å². The maximum atomic E-state index is 12.8. The third-order valence-electron chi connectivity index (χ3n) is 5.37. The van der Waals surface area contributed by atoms with Crippen LogP contribution in [0.15, 0.2) is 41.3 Å². The SMILES string of the molecule is COc1ccccc1S(=O)(=O)Nc1cc(O)c2c(c1)C1(CCCC1)C(=O)N2. The van der Waals surface area contributed by atoms with Gasteiger partial charge in [0, 0.05) is 6.07 Å². The number of aromatic hydroxyl groups is 1. The van der Waals surface area contributed by atoms with Gasteiger partial charge >= 0.3 is 0 Å². The Morgan fingerprint density at radius 3 is 2.59 bits per heavy atom. The van der Waals surface area contributed by atoms with Gasteiger partial charge in [0.25, 0.3) is 10.0 Å². The Kier molecular flexibility index (Phi) is 4.03. The number of benzene rings is 2. The average Bonchev–Trinajstić information content (AvgIpc) is 3.23. The van der Waals surface area contributed by atoms with Crippen molar-refractivity contribution in [1.82, 2.24) is 0 Å². The molecule has 8 heteroatoms. The Bertz CT molecular complexity index is 1030. The van der Waals surface area contributed by atoms with Gasteiger partial charge in [-0.25, -0.2) is 8.42 Å². The second-order valence-electron chi connectivity index (χ2n) is 6.92. The number of phenolic OH excluding ortho intramolecular Hbond substituents is 1. The zero-order valence-electron chi connectivity index (χ0n) is 14.8. The molecule has 1 heterocycles. The molecule has 1 aliphatic heterocycles. The number of sulfonamides is 1. The molecule has 2 aromatic carbocycles. The summed E-state index contributed by atoms with van der Waals surface area (Å²) in [5.74, 6) is -0.0584. The van der Waals surface area contributed by atoms with Crippen molar-refractivity contribution in [3.63, 3.8) is 0 Å². The quantitative estimate of drug-likeness (QED) is 0.699. The summed E-state index contributed by atoms with van der Waals surface area (Å²) in [5, 5.41) is 13.1. The van der Waals surface area contributed by atoms with E-state index in [9.17, 15) is 18.3 Å². The lowest BCUT2D eigenvalue weighted by molar-refractivity contribution is -0.120. The average molecular weight is 388 g/mol. The first kappa shape index (κ1) is 17.7. The van der Waals surface area contributed by atoms with Crippen LogP contribution in [0, 0.1) is 0 Å². The smallest absolute Gasteiger partial charge is 0.265 e. The van der Waals surface area contributed by atoms with Gasteiger partial charge in [0.1, 0.15) is 16.4 Å². The number of phenols is 1. The number of carbonyl (C=O) groups excluding carboxylic acids is 1. The molecule has 1 amide bonds. The standard InChI is InChI=1S/C19H20N2O5S/c1-26-15-6-2-3-7-16(15)27(24,25)21-12-10-13-17(14(22)11-12)20-18(23)19(13)8-4-5-9-19/h2-3,6-7,10-11,21-22H,4-5,8-9H2,1H3,(H,20,23). The lowest BCUT2D eigenvalue weighted by atomic mass is 9.80. The monoisotopic (exact) mass is 388 g/mol. The van der Waals surface area contributed by atoms with Gasteiger partial charge in [-0.1, -0.05) is 25.0 Å². The molecule has 1 spiro atoms. The van der Waals surface area contributed by atoms with E-state index in [4.69, 9.17) is 4.74 Å². The molecule has 142 valence electrons. The Labute approximate surface area is 157 Å². The second-order valence-corrected chi connectivity index (χ2v) is 8.57. The molecular weight excluding hydrogens is 368 g/mol. The highest BCUT2D eigenvalue weighted by Crippen LogP contribution is 2.52. The van der Waals surface area contributed by atoms with E-state index in [2.05, 4.69) is 10.0 Å². The van der Waals surface area contributed by atoms with Crippen molar-refractivity contribution in [2.75, 3.05) is 17.1 Å². The van der Waals surface area contributed by atoms with Crippen LogP contribution in [-0.2, 0) is 20.2 Å². The molecule has 27 heavy (non-hydrogen) atoms. The first-order valence-corrected chi connectivity index (χ1v) is 10.2. The number of nitrogens with one attached hydrogen (secondary N) is 2. The number of rotatable bonds is 4. The number of para-hydroxylation sites is 1. The van der Waals surface area contributed by atoms with E-state index in [1.807, 2.05) is 0 Å². The summed E-state index contributed by atoms with van der Waals surface area (Å²) in [6, 6.07) is 9.24. The number of hydrogen-bond acceptors (Lipinski definition) is 5. The van der Waals surface area contributed by atoms with Crippen molar-refractivity contribution in [2.24, 2.45) is 0 Å². The molecule has 0 saturated heterocycles. The van der Waals surface area contributed by atoms with Gasteiger partial charge in [0.15, 0.2) is 0 Å². The Hall–Kier alpha value is -2.74. The predicted octanol–water partition coefficient (Wildman–Crippen LogP) is 2.97. The van der Waals surface area contributed by atoms with Crippen molar-refractivity contribution < 1.29 is 23.1 Å². The Morgan fingerprint density at radius 2 is 1.89 bits per heavy atom. The molecule has 3 N–H and O–H groups in total. The van der Waals surface area contributed by atoms with Gasteiger partial charge < -0.3 is 15.2 Å². The lowest BCUT2D eigenvalue weighted by Gasteiger charge is -2.21. The van der Waals surface area contributed by atoms with Crippen molar-refractivity contribution >= 4 is 27.3 Å². The van der Waals surface area contributed by atoms with Gasteiger partial charge in [-0.15, -0.1) is 0 Å². The molecular formula is C19H20N2O5S. The van der Waals surface area contributed by atoms with E-state index < -0.39 is 15.4 Å². The fourth-order valence-corrected chi connectivity index (χ4v) is 5.29. The van der Waals surface area contributed by atoms with Crippen LogP contribution in [0.4, 0.5) is 11.4 Å². The zero-order valence-corrected chi connectivity index (χ0v) is 15.6. The number of amides is 1. The second kappa shape index (κ2) is 6.16. The summed E-state index contributed by atoms with van der Waals surface area (Å²) >= 11 is 0. The van der Waals surface area contributed by atoms with Crippen LogP contribution in [0.2, 0.25) is 0 Å². The fraction of sp³-hybridized carbons (Fsp3) is 0.316. The van der Waals surface area contributed by atoms with Crippen molar-refractivity contribution in [3.05, 3.63) is 42.0 Å². The normalized spacial score (nSPS) is 17.6. The molecule has 2 aliphatic rings. The number of carbonyl (C=O) groups is 1. The summed E-state index contributed by atoms with van der Waals surface area (Å²) in [5.41, 5.74) is 0.559. The highest BCUT2D eigenvalue weighted by Gasteiger charge is 2.49. The molecule has 0 atom stereocenters. The lowest BCUT2D eigenvalue weighted by Crippen LogP contribution is -2.31. The molecule has 7 nitrogen and oxygen atoms in total. The first-order chi connectivity index (χ1) is 12.9. The molecule has 2 aromatic rings. The zero-order chi connectivity index (χ0) is 19.2. The van der Waals surface area contributed by atoms with Gasteiger partial charge in [-0.05, 0) is 36.6 Å². The van der Waals surface area contributed by atoms with Crippen molar-refractivity contribution in [1.29, 1.82) is 0 Å². The fourth-order valence-electron chi connectivity index (χ4n) is 4.08. The summed E-state index contributed by atoms with van der Waals surface area (Å²) in [6.45, 7) is 0. The van der Waals surface area contributed by atoms with Crippen LogP contribution in [0.3, 0.4) is 0 Å². The number of fused-ring (bicyclic) bond motifs is 2. The third-order valence-corrected chi connectivity index (χ3v) is 6.79. The van der Waals surface area contributed by atoms with Crippen LogP contribution in [0.1, 0.15) is 31.2 Å².